The van der Waals surface area contributed by atoms with E-state index in [0.29, 0.717) is 12.8 Å². The van der Waals surface area contributed by atoms with Crippen LogP contribution in [0.5, 0.6) is 0 Å². The fourth-order valence-corrected chi connectivity index (χ4v) is 3.26. The summed E-state index contributed by atoms with van der Waals surface area (Å²) in [5.74, 6) is -3.98. The number of carboxylic acid groups (broad SMARTS) is 2. The maximum absolute atomic E-state index is 10.9. The summed E-state index contributed by atoms with van der Waals surface area (Å²) in [5, 5.41) is 16.9. The lowest BCUT2D eigenvalue weighted by atomic mass is 10.0. The van der Waals surface area contributed by atoms with Crippen LogP contribution >= 0.6 is 0 Å². The maximum atomic E-state index is 10.9. The topological polar surface area (TPSA) is 109 Å². The molecule has 0 bridgehead atoms. The Morgan fingerprint density at radius 2 is 0.536 bits per heavy atom. The van der Waals surface area contributed by atoms with Crippen LogP contribution in [0, 0.1) is 0 Å². The zero-order valence-electron chi connectivity index (χ0n) is 17.3. The first kappa shape index (κ1) is 26.3. The maximum Gasteiger partial charge on any atom is 0.372 e. The molecular formula is C22H38O6. The van der Waals surface area contributed by atoms with Crippen molar-refractivity contribution in [3.63, 3.8) is 0 Å². The number of ketones is 2. The number of hydrogen-bond acceptors (Lipinski definition) is 4. The molecule has 0 aromatic rings. The van der Waals surface area contributed by atoms with E-state index in [-0.39, 0.29) is 12.8 Å². The Morgan fingerprint density at radius 3 is 0.714 bits per heavy atom. The molecule has 0 aromatic carbocycles. The SMILES string of the molecule is O=C(O)C(=O)CCCCCCCCCCCCCCCCCCC(=O)C(=O)O. The van der Waals surface area contributed by atoms with Gasteiger partial charge in [-0.3, -0.25) is 9.59 Å². The molecule has 0 unspecified atom stereocenters. The van der Waals surface area contributed by atoms with Crippen molar-refractivity contribution in [3.05, 3.63) is 0 Å². The molecule has 28 heavy (non-hydrogen) atoms. The minimum absolute atomic E-state index is 0.166. The highest BCUT2D eigenvalue weighted by molar-refractivity contribution is 6.32. The normalized spacial score (nSPS) is 10.7. The van der Waals surface area contributed by atoms with Gasteiger partial charge < -0.3 is 10.2 Å². The molecule has 0 aliphatic heterocycles. The molecule has 0 amide bonds. The molecule has 0 spiro atoms. The molecule has 0 fully saturated rings. The number of carbonyl (C=O) groups is 4. The molecule has 2 N–H and O–H groups in total. The molecule has 0 heterocycles. The van der Waals surface area contributed by atoms with E-state index in [0.717, 1.165) is 25.7 Å². The molecule has 6 nitrogen and oxygen atoms in total. The number of unbranched alkanes of at least 4 members (excludes halogenated alkanes) is 15. The van der Waals surface area contributed by atoms with Gasteiger partial charge in [-0.1, -0.05) is 89.9 Å². The summed E-state index contributed by atoms with van der Waals surface area (Å²) >= 11 is 0. The first-order valence-corrected chi connectivity index (χ1v) is 11.0. The zero-order chi connectivity index (χ0) is 21.0. The quantitative estimate of drug-likeness (QED) is 0.200. The van der Waals surface area contributed by atoms with Crippen molar-refractivity contribution in [2.75, 3.05) is 0 Å². The van der Waals surface area contributed by atoms with Crippen LogP contribution in [-0.2, 0) is 19.2 Å². The van der Waals surface area contributed by atoms with Crippen molar-refractivity contribution in [3.8, 4) is 0 Å². The zero-order valence-corrected chi connectivity index (χ0v) is 17.3. The molecule has 0 aromatic heterocycles. The van der Waals surface area contributed by atoms with Gasteiger partial charge in [0, 0.05) is 12.8 Å². The second-order valence-electron chi connectivity index (χ2n) is 7.61. The second kappa shape index (κ2) is 18.6. The van der Waals surface area contributed by atoms with Crippen molar-refractivity contribution < 1.29 is 29.4 Å². The van der Waals surface area contributed by atoms with Crippen molar-refractivity contribution >= 4 is 23.5 Å². The van der Waals surface area contributed by atoms with Crippen LogP contribution in [0.15, 0.2) is 0 Å². The summed E-state index contributed by atoms with van der Waals surface area (Å²) < 4.78 is 0. The highest BCUT2D eigenvalue weighted by atomic mass is 16.4. The average Bonchev–Trinajstić information content (AvgIpc) is 2.66. The molecule has 162 valence electrons. The lowest BCUT2D eigenvalue weighted by Crippen LogP contribution is -2.11. The van der Waals surface area contributed by atoms with Crippen molar-refractivity contribution in [1.29, 1.82) is 0 Å². The Morgan fingerprint density at radius 1 is 0.357 bits per heavy atom. The monoisotopic (exact) mass is 398 g/mol. The summed E-state index contributed by atoms with van der Waals surface area (Å²) in [5.41, 5.74) is 0. The fourth-order valence-electron chi connectivity index (χ4n) is 3.26. The Kier molecular flexibility index (Phi) is 17.5. The fraction of sp³-hybridized carbons (Fsp3) is 0.818. The third-order valence-electron chi connectivity index (χ3n) is 5.03. The Balaban J connectivity index is 3.14. The summed E-state index contributed by atoms with van der Waals surface area (Å²) in [6.07, 6.45) is 18.1. The summed E-state index contributed by atoms with van der Waals surface area (Å²) in [6, 6.07) is 0. The predicted molar refractivity (Wildman–Crippen MR) is 108 cm³/mol. The minimum atomic E-state index is -1.31. The van der Waals surface area contributed by atoms with Gasteiger partial charge in [0.15, 0.2) is 0 Å². The Bertz CT molecular complexity index is 416. The van der Waals surface area contributed by atoms with Crippen molar-refractivity contribution in [2.24, 2.45) is 0 Å². The number of Topliss-reactive ketones (excluding diaryl/α,β-unsaturated/α-hetero) is 2. The van der Waals surface area contributed by atoms with E-state index in [1.807, 2.05) is 0 Å². The largest absolute Gasteiger partial charge is 0.476 e. The molecule has 0 rings (SSSR count). The van der Waals surface area contributed by atoms with Gasteiger partial charge in [-0.25, -0.2) is 9.59 Å². The number of aliphatic carboxylic acids is 2. The van der Waals surface area contributed by atoms with Crippen molar-refractivity contribution in [1.82, 2.24) is 0 Å². The van der Waals surface area contributed by atoms with E-state index in [9.17, 15) is 19.2 Å². The van der Waals surface area contributed by atoms with Crippen LogP contribution < -0.4 is 0 Å². The van der Waals surface area contributed by atoms with E-state index in [1.165, 1.54) is 64.2 Å². The Labute approximate surface area is 169 Å². The molecule has 0 saturated carbocycles. The van der Waals surface area contributed by atoms with Gasteiger partial charge in [0.05, 0.1) is 0 Å². The van der Waals surface area contributed by atoms with E-state index < -0.39 is 23.5 Å². The number of carboxylic acids is 2. The van der Waals surface area contributed by atoms with Gasteiger partial charge in [0.25, 0.3) is 0 Å². The lowest BCUT2D eigenvalue weighted by Gasteiger charge is -2.03. The highest BCUT2D eigenvalue weighted by Gasteiger charge is 2.10. The molecule has 0 atom stereocenters. The van der Waals surface area contributed by atoms with Gasteiger partial charge in [0.1, 0.15) is 0 Å². The summed E-state index contributed by atoms with van der Waals surface area (Å²) in [4.78, 5) is 42.6. The van der Waals surface area contributed by atoms with Crippen LogP contribution in [-0.4, -0.2) is 33.7 Å². The molecule has 6 heteroatoms. The molecule has 0 radical (unpaired) electrons. The van der Waals surface area contributed by atoms with Gasteiger partial charge >= 0.3 is 11.9 Å². The standard InChI is InChI=1S/C22H38O6/c23-19(21(25)26)17-15-13-11-9-7-5-3-1-2-4-6-8-10-12-14-16-18-20(24)22(27)28/h1-18H2,(H,25,26)(H,27,28). The molecular weight excluding hydrogens is 360 g/mol. The first-order chi connectivity index (χ1) is 13.4. The number of rotatable bonds is 21. The first-order valence-electron chi connectivity index (χ1n) is 11.0. The third kappa shape index (κ3) is 17.7. The molecule has 0 saturated heterocycles. The van der Waals surface area contributed by atoms with Crippen LogP contribution in [0.2, 0.25) is 0 Å². The smallest absolute Gasteiger partial charge is 0.372 e. The van der Waals surface area contributed by atoms with E-state index in [4.69, 9.17) is 10.2 Å². The van der Waals surface area contributed by atoms with Gasteiger partial charge in [-0.15, -0.1) is 0 Å². The van der Waals surface area contributed by atoms with Crippen molar-refractivity contribution in [2.45, 2.75) is 116 Å². The summed E-state index contributed by atoms with van der Waals surface area (Å²) in [7, 11) is 0. The molecule has 0 aliphatic rings. The summed E-state index contributed by atoms with van der Waals surface area (Å²) in [6.45, 7) is 0. The van der Waals surface area contributed by atoms with E-state index in [2.05, 4.69) is 0 Å². The van der Waals surface area contributed by atoms with E-state index >= 15 is 0 Å². The minimum Gasteiger partial charge on any atom is -0.476 e. The lowest BCUT2D eigenvalue weighted by molar-refractivity contribution is -0.149. The van der Waals surface area contributed by atoms with Crippen LogP contribution in [0.1, 0.15) is 116 Å². The van der Waals surface area contributed by atoms with E-state index in [1.54, 1.807) is 0 Å². The third-order valence-corrected chi connectivity index (χ3v) is 5.03. The van der Waals surface area contributed by atoms with Crippen LogP contribution in [0.25, 0.3) is 0 Å². The van der Waals surface area contributed by atoms with Crippen LogP contribution in [0.4, 0.5) is 0 Å². The number of hydrogen-bond donors (Lipinski definition) is 2. The average molecular weight is 399 g/mol. The second-order valence-corrected chi connectivity index (χ2v) is 7.61. The van der Waals surface area contributed by atoms with Gasteiger partial charge in [0.2, 0.25) is 11.6 Å². The van der Waals surface area contributed by atoms with Gasteiger partial charge in [-0.2, -0.15) is 0 Å². The number of carbonyl (C=O) groups excluding carboxylic acids is 2. The highest BCUT2D eigenvalue weighted by Crippen LogP contribution is 2.14. The molecule has 0 aliphatic carbocycles. The van der Waals surface area contributed by atoms with Gasteiger partial charge in [-0.05, 0) is 12.8 Å². The van der Waals surface area contributed by atoms with Crippen LogP contribution in [0.3, 0.4) is 0 Å². The Hall–Kier alpha value is -1.72. The predicted octanol–water partition coefficient (Wildman–Crippen LogP) is 5.32.